The van der Waals surface area contributed by atoms with Crippen LogP contribution in [0, 0.1) is 0 Å². The predicted octanol–water partition coefficient (Wildman–Crippen LogP) is 6.39. The topological polar surface area (TPSA) is 26.3 Å². The van der Waals surface area contributed by atoms with Crippen LogP contribution in [-0.2, 0) is 16.0 Å². The number of carbonyl (C=O) groups is 1. The first-order valence-electron chi connectivity index (χ1n) is 12.0. The van der Waals surface area contributed by atoms with E-state index in [2.05, 4.69) is 116 Å². The van der Waals surface area contributed by atoms with E-state index in [0.29, 0.717) is 19.4 Å². The van der Waals surface area contributed by atoms with E-state index in [-0.39, 0.29) is 5.97 Å². The van der Waals surface area contributed by atoms with Crippen molar-refractivity contribution >= 4 is 29.8 Å². The number of rotatable bonds is 10. The van der Waals surface area contributed by atoms with Gasteiger partial charge < -0.3 is 4.74 Å². The molecule has 0 N–H and O–H groups in total. The van der Waals surface area contributed by atoms with Gasteiger partial charge in [0.2, 0.25) is 0 Å². The SMILES string of the molecule is CCCCOC(=O)CCc1ccccc1-c1ccccc1P(c1ccccc1)c1ccccc1. The van der Waals surface area contributed by atoms with Crippen LogP contribution in [0.1, 0.15) is 31.7 Å². The van der Waals surface area contributed by atoms with Crippen LogP contribution in [0.2, 0.25) is 0 Å². The lowest BCUT2D eigenvalue weighted by Gasteiger charge is -2.23. The van der Waals surface area contributed by atoms with Crippen molar-refractivity contribution in [3.63, 3.8) is 0 Å². The minimum Gasteiger partial charge on any atom is -0.466 e. The first kappa shape index (κ1) is 23.9. The van der Waals surface area contributed by atoms with Crippen LogP contribution in [0.25, 0.3) is 11.1 Å². The van der Waals surface area contributed by atoms with Crippen molar-refractivity contribution in [3.05, 3.63) is 115 Å². The average molecular weight is 467 g/mol. The Labute approximate surface area is 204 Å². The predicted molar refractivity (Wildman–Crippen MR) is 145 cm³/mol. The van der Waals surface area contributed by atoms with E-state index in [0.717, 1.165) is 12.8 Å². The molecule has 4 aromatic rings. The number of aryl methyl sites for hydroxylation is 1. The maximum atomic E-state index is 12.3. The van der Waals surface area contributed by atoms with E-state index in [1.807, 2.05) is 0 Å². The maximum absolute atomic E-state index is 12.3. The van der Waals surface area contributed by atoms with Crippen LogP contribution < -0.4 is 15.9 Å². The Morgan fingerprint density at radius 2 is 1.26 bits per heavy atom. The molecule has 4 rings (SSSR count). The zero-order valence-corrected chi connectivity index (χ0v) is 20.6. The lowest BCUT2D eigenvalue weighted by molar-refractivity contribution is -0.143. The van der Waals surface area contributed by atoms with Gasteiger partial charge >= 0.3 is 5.97 Å². The third-order valence-corrected chi connectivity index (χ3v) is 8.34. The monoisotopic (exact) mass is 466 g/mol. The highest BCUT2D eigenvalue weighted by molar-refractivity contribution is 7.80. The molecule has 0 heterocycles. The molecule has 0 aliphatic heterocycles. The van der Waals surface area contributed by atoms with Gasteiger partial charge in [-0.15, -0.1) is 0 Å². The fourth-order valence-electron chi connectivity index (χ4n) is 4.12. The molecule has 0 spiro atoms. The van der Waals surface area contributed by atoms with Crippen molar-refractivity contribution in [2.75, 3.05) is 6.61 Å². The molecule has 4 aromatic carbocycles. The standard InChI is InChI=1S/C31H31O2P/c1-2-3-24-33-31(32)23-22-25-14-10-11-19-28(25)29-20-12-13-21-30(29)34(26-15-6-4-7-16-26)27-17-8-5-9-18-27/h4-21H,2-3,22-24H2,1H3. The van der Waals surface area contributed by atoms with E-state index in [1.54, 1.807) is 0 Å². The number of esters is 1. The molecule has 0 atom stereocenters. The zero-order valence-electron chi connectivity index (χ0n) is 19.7. The highest BCUT2D eigenvalue weighted by Crippen LogP contribution is 2.38. The van der Waals surface area contributed by atoms with E-state index < -0.39 is 7.92 Å². The molecule has 172 valence electrons. The second-order valence-corrected chi connectivity index (χ2v) is 10.4. The van der Waals surface area contributed by atoms with Gasteiger partial charge in [0.15, 0.2) is 0 Å². The molecule has 0 aliphatic rings. The van der Waals surface area contributed by atoms with Crippen LogP contribution in [0.15, 0.2) is 109 Å². The second-order valence-electron chi connectivity index (χ2n) is 8.25. The highest BCUT2D eigenvalue weighted by Gasteiger charge is 2.21. The minimum absolute atomic E-state index is 0.118. The Bertz CT molecular complexity index is 1150. The summed E-state index contributed by atoms with van der Waals surface area (Å²) in [6, 6.07) is 38.7. The summed E-state index contributed by atoms with van der Waals surface area (Å²) in [5, 5.41) is 3.98. The van der Waals surface area contributed by atoms with Crippen LogP contribution in [-0.4, -0.2) is 12.6 Å². The maximum Gasteiger partial charge on any atom is 0.306 e. The molecule has 0 unspecified atom stereocenters. The van der Waals surface area contributed by atoms with Crippen molar-refractivity contribution in [2.45, 2.75) is 32.6 Å². The van der Waals surface area contributed by atoms with E-state index >= 15 is 0 Å². The largest absolute Gasteiger partial charge is 0.466 e. The number of unbranched alkanes of at least 4 members (excludes halogenated alkanes) is 1. The summed E-state index contributed by atoms with van der Waals surface area (Å²) < 4.78 is 5.39. The quantitative estimate of drug-likeness (QED) is 0.154. The van der Waals surface area contributed by atoms with Crippen LogP contribution >= 0.6 is 7.92 Å². The molecular weight excluding hydrogens is 435 g/mol. The van der Waals surface area contributed by atoms with E-state index in [9.17, 15) is 4.79 Å². The summed E-state index contributed by atoms with van der Waals surface area (Å²) in [6.45, 7) is 2.61. The smallest absolute Gasteiger partial charge is 0.306 e. The summed E-state index contributed by atoms with van der Waals surface area (Å²) in [4.78, 5) is 12.3. The van der Waals surface area contributed by atoms with Crippen LogP contribution in [0.4, 0.5) is 0 Å². The molecule has 0 fully saturated rings. The molecular formula is C31H31O2P. The Balaban J connectivity index is 1.71. The Kier molecular flexibility index (Phi) is 8.65. The zero-order chi connectivity index (χ0) is 23.6. The van der Waals surface area contributed by atoms with Crippen molar-refractivity contribution < 1.29 is 9.53 Å². The lowest BCUT2D eigenvalue weighted by Crippen LogP contribution is -2.22. The van der Waals surface area contributed by atoms with Gasteiger partial charge in [-0.1, -0.05) is 123 Å². The van der Waals surface area contributed by atoms with E-state index in [1.165, 1.54) is 32.6 Å². The second kappa shape index (κ2) is 12.3. The molecule has 0 saturated heterocycles. The van der Waals surface area contributed by atoms with Gasteiger partial charge in [0, 0.05) is 6.42 Å². The molecule has 0 aliphatic carbocycles. The molecule has 3 heteroatoms. The van der Waals surface area contributed by atoms with Crippen molar-refractivity contribution in [1.82, 2.24) is 0 Å². The molecule has 0 aromatic heterocycles. The summed E-state index contributed by atoms with van der Waals surface area (Å²) in [5.74, 6) is -0.118. The Morgan fingerprint density at radius 1 is 0.706 bits per heavy atom. The van der Waals surface area contributed by atoms with Crippen molar-refractivity contribution in [1.29, 1.82) is 0 Å². The van der Waals surface area contributed by atoms with E-state index in [4.69, 9.17) is 4.74 Å². The average Bonchev–Trinajstić information content (AvgIpc) is 2.90. The third-order valence-electron chi connectivity index (χ3n) is 5.84. The Morgan fingerprint density at radius 3 is 1.91 bits per heavy atom. The number of carbonyl (C=O) groups excluding carboxylic acids is 1. The summed E-state index contributed by atoms with van der Waals surface area (Å²) in [5.41, 5.74) is 3.61. The van der Waals surface area contributed by atoms with Crippen molar-refractivity contribution in [2.24, 2.45) is 0 Å². The minimum atomic E-state index is -0.726. The van der Waals surface area contributed by atoms with Gasteiger partial charge in [0.25, 0.3) is 0 Å². The number of ether oxygens (including phenoxy) is 1. The van der Waals surface area contributed by atoms with Gasteiger partial charge in [-0.25, -0.2) is 0 Å². The fourth-order valence-corrected chi connectivity index (χ4v) is 6.58. The highest BCUT2D eigenvalue weighted by atomic mass is 31.1. The first-order chi connectivity index (χ1) is 16.8. The number of benzene rings is 4. The van der Waals surface area contributed by atoms with Gasteiger partial charge in [0.1, 0.15) is 0 Å². The molecule has 0 bridgehead atoms. The Hall–Kier alpha value is -3.22. The van der Waals surface area contributed by atoms with Crippen molar-refractivity contribution in [3.8, 4) is 11.1 Å². The summed E-state index contributed by atoms with van der Waals surface area (Å²) in [7, 11) is -0.726. The molecule has 34 heavy (non-hydrogen) atoms. The fraction of sp³-hybridized carbons (Fsp3) is 0.194. The third kappa shape index (κ3) is 6.01. The number of hydrogen-bond donors (Lipinski definition) is 0. The first-order valence-corrected chi connectivity index (χ1v) is 13.3. The van der Waals surface area contributed by atoms with Gasteiger partial charge in [-0.3, -0.25) is 4.79 Å². The van der Waals surface area contributed by atoms with Crippen LogP contribution in [0.5, 0.6) is 0 Å². The molecule has 0 saturated carbocycles. The van der Waals surface area contributed by atoms with Gasteiger partial charge in [-0.05, 0) is 53.4 Å². The van der Waals surface area contributed by atoms with Gasteiger partial charge in [0.05, 0.1) is 6.61 Å². The summed E-state index contributed by atoms with van der Waals surface area (Å²) >= 11 is 0. The molecule has 0 amide bonds. The summed E-state index contributed by atoms with van der Waals surface area (Å²) in [6.07, 6.45) is 3.01. The normalized spacial score (nSPS) is 10.9. The lowest BCUT2D eigenvalue weighted by atomic mass is 9.96. The van der Waals surface area contributed by atoms with Gasteiger partial charge in [-0.2, -0.15) is 0 Å². The molecule has 0 radical (unpaired) electrons. The van der Waals surface area contributed by atoms with Crippen LogP contribution in [0.3, 0.4) is 0 Å². The molecule has 2 nitrogen and oxygen atoms in total. The number of hydrogen-bond acceptors (Lipinski definition) is 2.